The van der Waals surface area contributed by atoms with Gasteiger partial charge in [0.05, 0.1) is 6.42 Å². The third-order valence-electron chi connectivity index (χ3n) is 5.92. The number of rotatable bonds is 8. The van der Waals surface area contributed by atoms with Gasteiger partial charge in [-0.25, -0.2) is 4.98 Å². The fraction of sp³-hybridized carbons (Fsp3) is 0.280. The topological polar surface area (TPSA) is 113 Å². The minimum atomic E-state index is -0.144. The number of H-pyrrole nitrogens is 1. The Kier molecular flexibility index (Phi) is 5.89. The van der Waals surface area contributed by atoms with Crippen LogP contribution in [-0.4, -0.2) is 33.0 Å². The number of hydrogen-bond acceptors (Lipinski definition) is 5. The van der Waals surface area contributed by atoms with E-state index in [9.17, 15) is 9.59 Å². The SMILES string of the molecule is O=C(CCc1nc2ccccc2o1)Nc1cc(C2CC(NC(=O)Cc3ccccc3)C2)[nH]n1. The summed E-state index contributed by atoms with van der Waals surface area (Å²) in [6.07, 6.45) is 2.78. The molecule has 2 aromatic carbocycles. The van der Waals surface area contributed by atoms with Crippen molar-refractivity contribution < 1.29 is 14.0 Å². The fourth-order valence-corrected chi connectivity index (χ4v) is 4.11. The molecule has 168 valence electrons. The molecule has 0 spiro atoms. The van der Waals surface area contributed by atoms with Crippen LogP contribution in [0.1, 0.15) is 42.3 Å². The molecule has 0 unspecified atom stereocenters. The Balaban J connectivity index is 1.05. The molecule has 1 fully saturated rings. The second-order valence-electron chi connectivity index (χ2n) is 8.43. The summed E-state index contributed by atoms with van der Waals surface area (Å²) in [6.45, 7) is 0. The van der Waals surface area contributed by atoms with Gasteiger partial charge in [0.1, 0.15) is 5.52 Å². The zero-order valence-electron chi connectivity index (χ0n) is 18.1. The minimum absolute atomic E-state index is 0.0427. The Hall–Kier alpha value is -3.94. The van der Waals surface area contributed by atoms with Crippen LogP contribution < -0.4 is 10.6 Å². The summed E-state index contributed by atoms with van der Waals surface area (Å²) in [6, 6.07) is 19.3. The minimum Gasteiger partial charge on any atom is -0.441 e. The number of carbonyl (C=O) groups is 2. The van der Waals surface area contributed by atoms with Crippen molar-refractivity contribution in [3.8, 4) is 0 Å². The van der Waals surface area contributed by atoms with Crippen LogP contribution in [0.25, 0.3) is 11.1 Å². The average Bonchev–Trinajstić information content (AvgIpc) is 3.41. The number of fused-ring (bicyclic) bond motifs is 1. The number of hydrogen-bond donors (Lipinski definition) is 3. The predicted octanol–water partition coefficient (Wildman–Crippen LogP) is 3.73. The molecule has 8 nitrogen and oxygen atoms in total. The molecule has 0 atom stereocenters. The quantitative estimate of drug-likeness (QED) is 0.384. The number of aromatic amines is 1. The van der Waals surface area contributed by atoms with E-state index in [1.807, 2.05) is 60.7 Å². The first-order chi connectivity index (χ1) is 16.1. The van der Waals surface area contributed by atoms with Gasteiger partial charge in [-0.1, -0.05) is 42.5 Å². The molecule has 3 N–H and O–H groups in total. The molecule has 1 aliphatic carbocycles. The molecule has 0 saturated heterocycles. The van der Waals surface area contributed by atoms with E-state index in [0.717, 1.165) is 35.2 Å². The summed E-state index contributed by atoms with van der Waals surface area (Å²) in [5.41, 5.74) is 3.49. The molecule has 2 aromatic heterocycles. The van der Waals surface area contributed by atoms with E-state index < -0.39 is 0 Å². The maximum Gasteiger partial charge on any atom is 0.226 e. The van der Waals surface area contributed by atoms with Crippen LogP contribution in [0, 0.1) is 0 Å². The van der Waals surface area contributed by atoms with E-state index in [2.05, 4.69) is 25.8 Å². The molecular formula is C25H25N5O3. The van der Waals surface area contributed by atoms with Crippen molar-refractivity contribution in [1.29, 1.82) is 0 Å². The van der Waals surface area contributed by atoms with Gasteiger partial charge in [0.25, 0.3) is 0 Å². The van der Waals surface area contributed by atoms with Crippen molar-refractivity contribution in [1.82, 2.24) is 20.5 Å². The van der Waals surface area contributed by atoms with E-state index in [1.54, 1.807) is 0 Å². The maximum absolute atomic E-state index is 12.3. The molecule has 33 heavy (non-hydrogen) atoms. The highest BCUT2D eigenvalue weighted by Crippen LogP contribution is 2.36. The van der Waals surface area contributed by atoms with Crippen LogP contribution in [0.5, 0.6) is 0 Å². The van der Waals surface area contributed by atoms with Crippen LogP contribution in [0.3, 0.4) is 0 Å². The Labute approximate surface area is 190 Å². The largest absolute Gasteiger partial charge is 0.441 e. The van der Waals surface area contributed by atoms with Crippen molar-refractivity contribution in [3.63, 3.8) is 0 Å². The maximum atomic E-state index is 12.3. The van der Waals surface area contributed by atoms with Gasteiger partial charge < -0.3 is 15.1 Å². The highest BCUT2D eigenvalue weighted by atomic mass is 16.3. The predicted molar refractivity (Wildman–Crippen MR) is 124 cm³/mol. The standard InChI is InChI=1S/C25H25N5O3/c31-23(10-11-25-27-19-8-4-5-9-21(19)33-25)28-22-15-20(29-30-22)17-13-18(14-17)26-24(32)12-16-6-2-1-3-7-16/h1-9,15,17-18H,10-14H2,(H,26,32)(H2,28,29,30,31). The number of nitrogens with zero attached hydrogens (tertiary/aromatic N) is 2. The molecule has 1 aliphatic rings. The normalized spacial score (nSPS) is 17.5. The average molecular weight is 444 g/mol. The Morgan fingerprint density at radius 1 is 1.03 bits per heavy atom. The van der Waals surface area contributed by atoms with E-state index in [0.29, 0.717) is 30.5 Å². The molecule has 2 heterocycles. The molecular weight excluding hydrogens is 418 g/mol. The second-order valence-corrected chi connectivity index (χ2v) is 8.43. The lowest BCUT2D eigenvalue weighted by Crippen LogP contribution is -2.44. The van der Waals surface area contributed by atoms with Crippen LogP contribution in [0.4, 0.5) is 5.82 Å². The molecule has 1 saturated carbocycles. The number of aryl methyl sites for hydroxylation is 1. The molecule has 8 heteroatoms. The summed E-state index contributed by atoms with van der Waals surface area (Å²) in [4.78, 5) is 28.9. The van der Waals surface area contributed by atoms with Gasteiger partial charge in [0.15, 0.2) is 17.3 Å². The van der Waals surface area contributed by atoms with Gasteiger partial charge in [0, 0.05) is 36.6 Å². The van der Waals surface area contributed by atoms with E-state index in [1.165, 1.54) is 0 Å². The van der Waals surface area contributed by atoms with Crippen LogP contribution >= 0.6 is 0 Å². The fourth-order valence-electron chi connectivity index (χ4n) is 4.11. The Bertz CT molecular complexity index is 1220. The summed E-state index contributed by atoms with van der Waals surface area (Å²) in [5.74, 6) is 1.24. The lowest BCUT2D eigenvalue weighted by Gasteiger charge is -2.35. The molecule has 0 aliphatic heterocycles. The van der Waals surface area contributed by atoms with Gasteiger partial charge in [-0.3, -0.25) is 14.7 Å². The van der Waals surface area contributed by atoms with Gasteiger partial charge in [-0.15, -0.1) is 0 Å². The van der Waals surface area contributed by atoms with Crippen LogP contribution in [0.2, 0.25) is 0 Å². The number of benzene rings is 2. The summed E-state index contributed by atoms with van der Waals surface area (Å²) in [7, 11) is 0. The van der Waals surface area contributed by atoms with Gasteiger partial charge >= 0.3 is 0 Å². The van der Waals surface area contributed by atoms with Crippen LogP contribution in [-0.2, 0) is 22.4 Å². The van der Waals surface area contributed by atoms with E-state index >= 15 is 0 Å². The highest BCUT2D eigenvalue weighted by molar-refractivity contribution is 5.89. The monoisotopic (exact) mass is 443 g/mol. The van der Waals surface area contributed by atoms with Crippen molar-refractivity contribution in [2.24, 2.45) is 0 Å². The number of aromatic nitrogens is 3. The van der Waals surface area contributed by atoms with E-state index in [4.69, 9.17) is 4.42 Å². The number of carbonyl (C=O) groups excluding carboxylic acids is 2. The van der Waals surface area contributed by atoms with Gasteiger partial charge in [-0.05, 0) is 30.5 Å². The molecule has 4 aromatic rings. The number of oxazole rings is 1. The molecule has 0 bridgehead atoms. The van der Waals surface area contributed by atoms with Gasteiger partial charge in [0.2, 0.25) is 11.8 Å². The smallest absolute Gasteiger partial charge is 0.226 e. The van der Waals surface area contributed by atoms with Crippen molar-refractivity contribution in [2.75, 3.05) is 5.32 Å². The Morgan fingerprint density at radius 2 is 1.82 bits per heavy atom. The zero-order valence-corrected chi connectivity index (χ0v) is 18.1. The number of anilines is 1. The third kappa shape index (κ3) is 5.11. The first-order valence-electron chi connectivity index (χ1n) is 11.2. The summed E-state index contributed by atoms with van der Waals surface area (Å²) in [5, 5.41) is 13.1. The third-order valence-corrected chi connectivity index (χ3v) is 5.92. The van der Waals surface area contributed by atoms with Gasteiger partial charge in [-0.2, -0.15) is 5.10 Å². The molecule has 5 rings (SSSR count). The summed E-state index contributed by atoms with van der Waals surface area (Å²) < 4.78 is 5.65. The summed E-state index contributed by atoms with van der Waals surface area (Å²) >= 11 is 0. The first-order valence-corrected chi connectivity index (χ1v) is 11.2. The lowest BCUT2D eigenvalue weighted by molar-refractivity contribution is -0.121. The number of para-hydroxylation sites is 2. The number of nitrogens with one attached hydrogen (secondary N) is 3. The highest BCUT2D eigenvalue weighted by Gasteiger charge is 2.32. The number of amides is 2. The van der Waals surface area contributed by atoms with Crippen molar-refractivity contribution in [2.45, 2.75) is 44.1 Å². The van der Waals surface area contributed by atoms with Crippen LogP contribution in [0.15, 0.2) is 65.1 Å². The van der Waals surface area contributed by atoms with Crippen molar-refractivity contribution in [3.05, 3.63) is 77.8 Å². The second kappa shape index (κ2) is 9.28. The molecule has 0 radical (unpaired) electrons. The first kappa shape index (κ1) is 20.9. The zero-order chi connectivity index (χ0) is 22.6. The molecule has 2 amide bonds. The lowest BCUT2D eigenvalue weighted by atomic mass is 9.78. The van der Waals surface area contributed by atoms with E-state index in [-0.39, 0.29) is 24.3 Å². The Morgan fingerprint density at radius 3 is 2.64 bits per heavy atom. The van der Waals surface area contributed by atoms with Crippen molar-refractivity contribution >= 4 is 28.7 Å².